The predicted octanol–water partition coefficient (Wildman–Crippen LogP) is 2.43. The third-order valence-electron chi connectivity index (χ3n) is 4.82. The predicted molar refractivity (Wildman–Crippen MR) is 106 cm³/mol. The number of hydrogen-bond donors (Lipinski definition) is 1. The third kappa shape index (κ3) is 4.21. The minimum Gasteiger partial charge on any atom is -0.354 e. The first-order valence-corrected chi connectivity index (χ1v) is 9.24. The van der Waals surface area contributed by atoms with E-state index in [1.807, 2.05) is 23.1 Å². The minimum atomic E-state index is -0.483. The summed E-state index contributed by atoms with van der Waals surface area (Å²) < 4.78 is 1.63. The van der Waals surface area contributed by atoms with Crippen LogP contribution in [-0.2, 0) is 4.79 Å². The zero-order chi connectivity index (χ0) is 20.2. The van der Waals surface area contributed by atoms with E-state index in [0.29, 0.717) is 23.9 Å². The van der Waals surface area contributed by atoms with Crippen molar-refractivity contribution in [3.05, 3.63) is 65.0 Å². The summed E-state index contributed by atoms with van der Waals surface area (Å²) >= 11 is 0. The maximum absolute atomic E-state index is 12.7. The number of nitro benzene ring substituents is 1. The van der Waals surface area contributed by atoms with E-state index in [2.05, 4.69) is 20.6 Å². The molecule has 0 spiro atoms. The monoisotopic (exact) mass is 393 g/mol. The Morgan fingerprint density at radius 1 is 1.17 bits per heavy atom. The van der Waals surface area contributed by atoms with Crippen LogP contribution in [0.2, 0.25) is 0 Å². The van der Waals surface area contributed by atoms with Gasteiger partial charge in [-0.15, -0.1) is 10.2 Å². The molecular weight excluding hydrogens is 374 g/mol. The first-order valence-electron chi connectivity index (χ1n) is 9.24. The van der Waals surface area contributed by atoms with E-state index in [9.17, 15) is 14.9 Å². The summed E-state index contributed by atoms with van der Waals surface area (Å²) in [6.45, 7) is 1.30. The van der Waals surface area contributed by atoms with E-state index < -0.39 is 4.92 Å². The molecule has 10 nitrogen and oxygen atoms in total. The van der Waals surface area contributed by atoms with Crippen molar-refractivity contribution in [2.75, 3.05) is 23.3 Å². The summed E-state index contributed by atoms with van der Waals surface area (Å²) in [6.07, 6.45) is 5.05. The molecule has 1 saturated heterocycles. The Labute approximate surface area is 166 Å². The van der Waals surface area contributed by atoms with Crippen LogP contribution >= 0.6 is 0 Å². The van der Waals surface area contributed by atoms with Gasteiger partial charge in [0.15, 0.2) is 11.6 Å². The lowest BCUT2D eigenvalue weighted by atomic mass is 9.97. The molecule has 0 aliphatic carbocycles. The maximum atomic E-state index is 12.7. The molecule has 3 heterocycles. The molecule has 0 bridgehead atoms. The van der Waals surface area contributed by atoms with E-state index in [1.165, 1.54) is 12.1 Å². The zero-order valence-corrected chi connectivity index (χ0v) is 15.5. The van der Waals surface area contributed by atoms with Gasteiger partial charge in [-0.1, -0.05) is 6.07 Å². The number of amides is 1. The SMILES string of the molecule is O=C(Nc1cccc([N+](=O)[O-])c1)[C@H]1CCCN(c2ccc(-n3cccn3)nn2)C1. The van der Waals surface area contributed by atoms with Crippen molar-refractivity contribution < 1.29 is 9.72 Å². The van der Waals surface area contributed by atoms with Crippen molar-refractivity contribution in [3.63, 3.8) is 0 Å². The lowest BCUT2D eigenvalue weighted by Gasteiger charge is -2.32. The van der Waals surface area contributed by atoms with Crippen LogP contribution in [0.3, 0.4) is 0 Å². The fourth-order valence-corrected chi connectivity index (χ4v) is 3.35. The molecule has 1 aromatic carbocycles. The van der Waals surface area contributed by atoms with E-state index in [-0.39, 0.29) is 17.5 Å². The number of nitro groups is 1. The quantitative estimate of drug-likeness (QED) is 0.522. The van der Waals surface area contributed by atoms with Crippen molar-refractivity contribution in [1.29, 1.82) is 0 Å². The standard InChI is InChI=1S/C19H19N7O3/c27-19(21-15-5-1-6-16(12-15)26(28)29)14-4-2-10-24(13-14)17-7-8-18(23-22-17)25-11-3-9-20-25/h1,3,5-9,11-12,14H,2,4,10,13H2,(H,21,27)/t14-/m0/s1. The topological polar surface area (TPSA) is 119 Å². The van der Waals surface area contributed by atoms with E-state index >= 15 is 0 Å². The number of non-ortho nitro benzene ring substituents is 1. The number of carbonyl (C=O) groups is 1. The molecular formula is C19H19N7O3. The van der Waals surface area contributed by atoms with Crippen molar-refractivity contribution in [1.82, 2.24) is 20.0 Å². The van der Waals surface area contributed by atoms with Crippen molar-refractivity contribution in [2.24, 2.45) is 5.92 Å². The second kappa shape index (κ2) is 8.05. The molecule has 29 heavy (non-hydrogen) atoms. The molecule has 1 aliphatic rings. The molecule has 1 amide bonds. The van der Waals surface area contributed by atoms with Gasteiger partial charge in [0, 0.05) is 43.3 Å². The van der Waals surface area contributed by atoms with E-state index in [4.69, 9.17) is 0 Å². The molecule has 0 unspecified atom stereocenters. The summed E-state index contributed by atoms with van der Waals surface area (Å²) in [5.41, 5.74) is 0.366. The highest BCUT2D eigenvalue weighted by atomic mass is 16.6. The second-order valence-electron chi connectivity index (χ2n) is 6.78. The summed E-state index contributed by atoms with van der Waals surface area (Å²) in [5.74, 6) is 0.927. The Bertz CT molecular complexity index is 1000. The Hall–Kier alpha value is -3.82. The Kier molecular flexibility index (Phi) is 5.14. The first-order chi connectivity index (χ1) is 14.1. The Balaban J connectivity index is 1.42. The van der Waals surface area contributed by atoms with Gasteiger partial charge >= 0.3 is 0 Å². The molecule has 1 fully saturated rings. The molecule has 2 aromatic heterocycles. The van der Waals surface area contributed by atoms with Crippen LogP contribution in [-0.4, -0.2) is 43.9 Å². The summed E-state index contributed by atoms with van der Waals surface area (Å²) in [4.78, 5) is 25.1. The largest absolute Gasteiger partial charge is 0.354 e. The number of nitrogens with zero attached hydrogens (tertiary/aromatic N) is 6. The van der Waals surface area contributed by atoms with Crippen LogP contribution in [0.5, 0.6) is 0 Å². The van der Waals surface area contributed by atoms with Crippen LogP contribution in [0, 0.1) is 16.0 Å². The van der Waals surface area contributed by atoms with Gasteiger partial charge in [0.1, 0.15) is 0 Å². The first kappa shape index (κ1) is 18.5. The van der Waals surface area contributed by atoms with Gasteiger partial charge in [0.05, 0.1) is 10.8 Å². The van der Waals surface area contributed by atoms with Crippen molar-refractivity contribution >= 4 is 23.1 Å². The smallest absolute Gasteiger partial charge is 0.271 e. The maximum Gasteiger partial charge on any atom is 0.271 e. The van der Waals surface area contributed by atoms with E-state index in [1.54, 1.807) is 29.2 Å². The van der Waals surface area contributed by atoms with Crippen LogP contribution in [0.1, 0.15) is 12.8 Å². The third-order valence-corrected chi connectivity index (χ3v) is 4.82. The molecule has 1 N–H and O–H groups in total. The highest BCUT2D eigenvalue weighted by Gasteiger charge is 2.27. The molecule has 1 atom stereocenters. The average molecular weight is 393 g/mol. The zero-order valence-electron chi connectivity index (χ0n) is 15.5. The normalized spacial score (nSPS) is 16.4. The lowest BCUT2D eigenvalue weighted by molar-refractivity contribution is -0.384. The van der Waals surface area contributed by atoms with Gasteiger partial charge < -0.3 is 10.2 Å². The molecule has 4 rings (SSSR count). The fourth-order valence-electron chi connectivity index (χ4n) is 3.35. The molecule has 1 aliphatic heterocycles. The number of anilines is 2. The van der Waals surface area contributed by atoms with Crippen molar-refractivity contribution in [3.8, 4) is 5.82 Å². The lowest BCUT2D eigenvalue weighted by Crippen LogP contribution is -2.41. The van der Waals surface area contributed by atoms with Crippen LogP contribution in [0.25, 0.3) is 5.82 Å². The van der Waals surface area contributed by atoms with Crippen molar-refractivity contribution in [2.45, 2.75) is 12.8 Å². The highest BCUT2D eigenvalue weighted by Crippen LogP contribution is 2.24. The van der Waals surface area contributed by atoms with E-state index in [0.717, 1.165) is 19.4 Å². The van der Waals surface area contributed by atoms with Gasteiger partial charge in [-0.2, -0.15) is 5.10 Å². The Morgan fingerprint density at radius 2 is 2.00 bits per heavy atom. The Morgan fingerprint density at radius 3 is 2.72 bits per heavy atom. The van der Waals surface area contributed by atoms with Gasteiger partial charge in [0.25, 0.3) is 5.69 Å². The fraction of sp³-hybridized carbons (Fsp3) is 0.263. The minimum absolute atomic E-state index is 0.0550. The summed E-state index contributed by atoms with van der Waals surface area (Å²) in [6, 6.07) is 11.5. The molecule has 10 heteroatoms. The van der Waals surface area contributed by atoms with Gasteiger partial charge in [0.2, 0.25) is 5.91 Å². The molecule has 0 saturated carbocycles. The van der Waals surface area contributed by atoms with Gasteiger partial charge in [-0.25, -0.2) is 4.68 Å². The number of carbonyl (C=O) groups excluding carboxylic acids is 1. The number of benzene rings is 1. The van der Waals surface area contributed by atoms with Crippen LogP contribution in [0.4, 0.5) is 17.2 Å². The number of aromatic nitrogens is 4. The number of rotatable bonds is 5. The molecule has 0 radical (unpaired) electrons. The average Bonchev–Trinajstić information content (AvgIpc) is 3.29. The number of piperidine rings is 1. The molecule has 3 aromatic rings. The number of nitrogens with one attached hydrogen (secondary N) is 1. The van der Waals surface area contributed by atoms with Gasteiger partial charge in [-0.3, -0.25) is 14.9 Å². The van der Waals surface area contributed by atoms with Gasteiger partial charge in [-0.05, 0) is 37.1 Å². The second-order valence-corrected chi connectivity index (χ2v) is 6.78. The highest BCUT2D eigenvalue weighted by molar-refractivity contribution is 5.93. The van der Waals surface area contributed by atoms with Crippen LogP contribution < -0.4 is 10.2 Å². The van der Waals surface area contributed by atoms with Crippen LogP contribution in [0.15, 0.2) is 54.9 Å². The summed E-state index contributed by atoms with van der Waals surface area (Å²) in [5, 5.41) is 26.3. The number of hydrogen-bond acceptors (Lipinski definition) is 7. The molecule has 148 valence electrons. The summed E-state index contributed by atoms with van der Waals surface area (Å²) in [7, 11) is 0.